The van der Waals surface area contributed by atoms with Crippen molar-refractivity contribution in [2.24, 2.45) is 5.92 Å². The van der Waals surface area contributed by atoms with E-state index in [1.165, 1.54) is 12.4 Å². The van der Waals surface area contributed by atoms with Crippen LogP contribution in [0.5, 0.6) is 0 Å². The number of rotatable bonds is 7. The molecule has 2 N–H and O–H groups in total. The van der Waals surface area contributed by atoms with Crippen LogP contribution in [-0.4, -0.2) is 52.5 Å². The molecule has 0 radical (unpaired) electrons. The molecule has 2 aliphatic carbocycles. The van der Waals surface area contributed by atoms with Gasteiger partial charge in [-0.3, -0.25) is 0 Å². The van der Waals surface area contributed by atoms with Crippen LogP contribution in [0.1, 0.15) is 50.9 Å². The molecule has 2 fully saturated rings. The van der Waals surface area contributed by atoms with Crippen LogP contribution < -0.4 is 5.32 Å². The first-order valence-electron chi connectivity index (χ1n) is 11.8. The monoisotopic (exact) mass is 494 g/mol. The van der Waals surface area contributed by atoms with Crippen molar-refractivity contribution < 1.29 is 13.5 Å². The molecule has 0 aliphatic heterocycles. The van der Waals surface area contributed by atoms with Gasteiger partial charge in [-0.05, 0) is 37.7 Å². The average Bonchev–Trinajstić information content (AvgIpc) is 3.29. The minimum absolute atomic E-state index is 0.125. The number of aliphatic hydroxyl groups is 1. The lowest BCUT2D eigenvalue weighted by atomic mass is 10.1. The minimum atomic E-state index is -3.45. The van der Waals surface area contributed by atoms with E-state index < -0.39 is 10.0 Å². The minimum Gasteiger partial charge on any atom is -0.388 e. The molecule has 0 bridgehead atoms. The predicted octanol–water partition coefficient (Wildman–Crippen LogP) is 3.02. The van der Waals surface area contributed by atoms with Crippen LogP contribution in [0.2, 0.25) is 0 Å². The lowest BCUT2D eigenvalue weighted by Gasteiger charge is -2.20. The Morgan fingerprint density at radius 3 is 2.71 bits per heavy atom. The van der Waals surface area contributed by atoms with Gasteiger partial charge in [-0.1, -0.05) is 13.3 Å². The standard InChI is InChI=1S/C23H26N8O3S/c1-14-3-2-4-18(14)31-19-9-21(25-11-17(19)27-22(31)13-32)28-20-7-8-24-23(29-20)15-10-26-30(12-15)35(33,34)16-5-6-16/h7-12,14,16,18,32H,2-6,13H2,1H3,(H,24,25,28,29)/t14-,18?/m1/s1. The number of aliphatic hydroxyl groups excluding tert-OH is 1. The summed E-state index contributed by atoms with van der Waals surface area (Å²) in [6, 6.07) is 3.94. The molecule has 0 saturated heterocycles. The summed E-state index contributed by atoms with van der Waals surface area (Å²) in [5.41, 5.74) is 2.18. The molecule has 2 aliphatic rings. The first-order chi connectivity index (χ1) is 16.9. The average molecular weight is 495 g/mol. The van der Waals surface area contributed by atoms with Crippen molar-refractivity contribution >= 4 is 32.7 Å². The van der Waals surface area contributed by atoms with Crippen LogP contribution in [0, 0.1) is 5.92 Å². The number of aromatic nitrogens is 7. The van der Waals surface area contributed by atoms with Gasteiger partial charge in [0.05, 0.1) is 34.9 Å². The van der Waals surface area contributed by atoms with E-state index in [-0.39, 0.29) is 11.9 Å². The first kappa shape index (κ1) is 22.1. The summed E-state index contributed by atoms with van der Waals surface area (Å²) in [5.74, 6) is 2.63. The molecule has 35 heavy (non-hydrogen) atoms. The highest BCUT2D eigenvalue weighted by Crippen LogP contribution is 2.38. The highest BCUT2D eigenvalue weighted by Gasteiger charge is 2.37. The van der Waals surface area contributed by atoms with Crippen molar-refractivity contribution in [3.8, 4) is 11.4 Å². The van der Waals surface area contributed by atoms with Gasteiger partial charge in [-0.25, -0.2) is 28.4 Å². The van der Waals surface area contributed by atoms with E-state index >= 15 is 0 Å². The zero-order valence-corrected chi connectivity index (χ0v) is 20.1. The summed E-state index contributed by atoms with van der Waals surface area (Å²) in [5, 5.41) is 16.8. The number of anilines is 2. The summed E-state index contributed by atoms with van der Waals surface area (Å²) in [6.45, 7) is 2.12. The number of nitrogens with one attached hydrogen (secondary N) is 1. The number of imidazole rings is 1. The lowest BCUT2D eigenvalue weighted by Crippen LogP contribution is -2.17. The second-order valence-corrected chi connectivity index (χ2v) is 11.4. The number of hydrogen-bond donors (Lipinski definition) is 2. The third-order valence-electron chi connectivity index (χ3n) is 6.87. The van der Waals surface area contributed by atoms with Gasteiger partial charge < -0.3 is 15.0 Å². The Kier molecular flexibility index (Phi) is 5.29. The molecule has 4 heterocycles. The highest BCUT2D eigenvalue weighted by molar-refractivity contribution is 7.90. The quantitative estimate of drug-likeness (QED) is 0.396. The summed E-state index contributed by atoms with van der Waals surface area (Å²) in [4.78, 5) is 17.9. The number of nitrogens with zero attached hydrogens (tertiary/aromatic N) is 7. The maximum absolute atomic E-state index is 12.4. The molecule has 12 heteroatoms. The summed E-state index contributed by atoms with van der Waals surface area (Å²) in [6.07, 6.45) is 10.9. The zero-order chi connectivity index (χ0) is 24.2. The maximum atomic E-state index is 12.4. The largest absolute Gasteiger partial charge is 0.388 e. The molecule has 4 aromatic rings. The Morgan fingerprint density at radius 1 is 1.11 bits per heavy atom. The van der Waals surface area contributed by atoms with Crippen molar-refractivity contribution in [3.05, 3.63) is 42.7 Å². The van der Waals surface area contributed by atoms with E-state index in [4.69, 9.17) is 0 Å². The molecule has 2 atom stereocenters. The third kappa shape index (κ3) is 3.96. The van der Waals surface area contributed by atoms with Gasteiger partial charge in [0.25, 0.3) is 10.0 Å². The fourth-order valence-corrected chi connectivity index (χ4v) is 6.36. The van der Waals surface area contributed by atoms with Crippen LogP contribution in [0.3, 0.4) is 0 Å². The number of pyridine rings is 1. The van der Waals surface area contributed by atoms with Crippen molar-refractivity contribution in [3.63, 3.8) is 0 Å². The summed E-state index contributed by atoms with van der Waals surface area (Å²) < 4.78 is 28.0. The van der Waals surface area contributed by atoms with Gasteiger partial charge >= 0.3 is 0 Å². The fourth-order valence-electron chi connectivity index (χ4n) is 4.88. The molecule has 2 saturated carbocycles. The summed E-state index contributed by atoms with van der Waals surface area (Å²) >= 11 is 0. The van der Waals surface area contributed by atoms with E-state index in [0.717, 1.165) is 34.4 Å². The molecular formula is C23H26N8O3S. The Labute approximate surface area is 202 Å². The SMILES string of the molecule is C[C@@H]1CCCC1n1c(CO)nc2cnc(Nc3ccnc(-c4cnn(S(=O)(=O)C5CC5)c4)n3)cc21. The maximum Gasteiger partial charge on any atom is 0.256 e. The van der Waals surface area contributed by atoms with E-state index in [1.807, 2.05) is 6.07 Å². The molecule has 4 aromatic heterocycles. The van der Waals surface area contributed by atoms with Crippen molar-refractivity contribution in [2.45, 2.75) is 56.9 Å². The first-order valence-corrected chi connectivity index (χ1v) is 13.3. The Bertz CT molecular complexity index is 1510. The molecule has 1 unspecified atom stereocenters. The zero-order valence-electron chi connectivity index (χ0n) is 19.2. The van der Waals surface area contributed by atoms with Gasteiger partial charge in [-0.2, -0.15) is 9.19 Å². The van der Waals surface area contributed by atoms with E-state index in [9.17, 15) is 13.5 Å². The molecule has 0 amide bonds. The molecule has 0 aromatic carbocycles. The van der Waals surface area contributed by atoms with Gasteiger partial charge in [-0.15, -0.1) is 0 Å². The molecular weight excluding hydrogens is 468 g/mol. The van der Waals surface area contributed by atoms with Crippen LogP contribution in [0.15, 0.2) is 36.9 Å². The highest BCUT2D eigenvalue weighted by atomic mass is 32.2. The normalized spacial score (nSPS) is 20.5. The summed E-state index contributed by atoms with van der Waals surface area (Å²) in [7, 11) is -3.45. The predicted molar refractivity (Wildman–Crippen MR) is 129 cm³/mol. The second kappa shape index (κ2) is 8.38. The van der Waals surface area contributed by atoms with Crippen LogP contribution in [0.4, 0.5) is 11.6 Å². The van der Waals surface area contributed by atoms with Crippen LogP contribution >= 0.6 is 0 Å². The smallest absolute Gasteiger partial charge is 0.256 e. The Hall–Kier alpha value is -3.38. The molecule has 6 rings (SSSR count). The van der Waals surface area contributed by atoms with Crippen LogP contribution in [-0.2, 0) is 16.6 Å². The van der Waals surface area contributed by atoms with Crippen molar-refractivity contribution in [2.75, 3.05) is 5.32 Å². The molecule has 182 valence electrons. The van der Waals surface area contributed by atoms with Gasteiger partial charge in [0, 0.05) is 18.3 Å². The molecule has 0 spiro atoms. The number of hydrogen-bond acceptors (Lipinski definition) is 9. The van der Waals surface area contributed by atoms with Gasteiger partial charge in [0.15, 0.2) is 5.82 Å². The van der Waals surface area contributed by atoms with Gasteiger partial charge in [0.1, 0.15) is 29.6 Å². The molecule has 11 nitrogen and oxygen atoms in total. The van der Waals surface area contributed by atoms with Gasteiger partial charge in [0.2, 0.25) is 0 Å². The van der Waals surface area contributed by atoms with E-state index in [2.05, 4.69) is 41.8 Å². The van der Waals surface area contributed by atoms with Crippen molar-refractivity contribution in [1.82, 2.24) is 33.7 Å². The second-order valence-electron chi connectivity index (χ2n) is 9.33. The van der Waals surface area contributed by atoms with Crippen LogP contribution in [0.25, 0.3) is 22.4 Å². The van der Waals surface area contributed by atoms with Crippen molar-refractivity contribution in [1.29, 1.82) is 0 Å². The fraction of sp³-hybridized carbons (Fsp3) is 0.435. The third-order valence-corrected chi connectivity index (χ3v) is 8.91. The number of fused-ring (bicyclic) bond motifs is 1. The Balaban J connectivity index is 1.30. The van der Waals surface area contributed by atoms with E-state index in [0.29, 0.717) is 53.6 Å². The lowest BCUT2D eigenvalue weighted by molar-refractivity contribution is 0.256. The topological polar surface area (TPSA) is 141 Å². The van der Waals surface area contributed by atoms with E-state index in [1.54, 1.807) is 18.5 Å². The Morgan fingerprint density at radius 2 is 1.97 bits per heavy atom.